The molecule has 0 aliphatic carbocycles. The van der Waals surface area contributed by atoms with Gasteiger partial charge in [0.15, 0.2) is 11.4 Å². The van der Waals surface area contributed by atoms with Gasteiger partial charge < -0.3 is 14.9 Å². The Morgan fingerprint density at radius 2 is 1.79 bits per heavy atom. The fraction of sp³-hybridized carbons (Fsp3) is 0.261. The topological polar surface area (TPSA) is 146 Å². The Bertz CT molecular complexity index is 1690. The highest BCUT2D eigenvalue weighted by molar-refractivity contribution is 7.91. The van der Waals surface area contributed by atoms with E-state index < -0.39 is 58.9 Å². The number of aromatic nitrogens is 3. The molecule has 3 aromatic heterocycles. The maximum atomic E-state index is 13.8. The van der Waals surface area contributed by atoms with Crippen molar-refractivity contribution in [1.82, 2.24) is 18.9 Å². The molecule has 226 valence electrons. The van der Waals surface area contributed by atoms with Crippen LogP contribution >= 0.6 is 22.9 Å². The Kier molecular flexibility index (Phi) is 9.33. The predicted octanol–water partition coefficient (Wildman–Crippen LogP) is 4.65. The lowest BCUT2D eigenvalue weighted by Crippen LogP contribution is -2.35. The van der Waals surface area contributed by atoms with Gasteiger partial charge in [0.25, 0.3) is 16.4 Å². The first kappa shape index (κ1) is 31.5. The second kappa shape index (κ2) is 12.4. The Balaban J connectivity index is 1.61. The summed E-state index contributed by atoms with van der Waals surface area (Å²) >= 11 is 6.68. The Morgan fingerprint density at radius 3 is 2.36 bits per heavy atom. The van der Waals surface area contributed by atoms with Crippen LogP contribution in [-0.2, 0) is 16.2 Å². The molecule has 1 amide bonds. The second-order valence-electron chi connectivity index (χ2n) is 8.30. The number of carbonyl (C=O) groups is 1. The Morgan fingerprint density at radius 1 is 1.14 bits per heavy atom. The number of alkyl halides is 5. The molecule has 3 N–H and O–H groups in total. The molecule has 0 fully saturated rings. The van der Waals surface area contributed by atoms with E-state index in [1.165, 1.54) is 0 Å². The number of ether oxygens (including phenoxy) is 1. The third kappa shape index (κ3) is 6.63. The number of amides is 1. The third-order valence-electron chi connectivity index (χ3n) is 5.60. The molecule has 0 saturated carbocycles. The van der Waals surface area contributed by atoms with Crippen molar-refractivity contribution in [2.45, 2.75) is 16.8 Å². The number of fused-ring (bicyclic) bond motifs is 1. The molecule has 4 aromatic rings. The summed E-state index contributed by atoms with van der Waals surface area (Å²) in [6.07, 6.45) is -8.02. The number of anilines is 1. The van der Waals surface area contributed by atoms with E-state index in [4.69, 9.17) is 26.6 Å². The van der Waals surface area contributed by atoms with Gasteiger partial charge in [-0.05, 0) is 24.3 Å². The maximum Gasteiger partial charge on any atom is 0.417 e. The van der Waals surface area contributed by atoms with E-state index in [1.807, 2.05) is 0 Å². The number of hydrogen-bond acceptors (Lipinski definition) is 9. The smallest absolute Gasteiger partial charge is 0.404 e. The van der Waals surface area contributed by atoms with Crippen molar-refractivity contribution in [1.29, 1.82) is 0 Å². The van der Waals surface area contributed by atoms with Crippen molar-refractivity contribution in [2.75, 3.05) is 31.6 Å². The van der Waals surface area contributed by atoms with Crippen molar-refractivity contribution in [3.63, 3.8) is 0 Å². The second-order valence-corrected chi connectivity index (χ2v) is 12.1. The zero-order chi connectivity index (χ0) is 30.8. The van der Waals surface area contributed by atoms with Gasteiger partial charge >= 0.3 is 12.3 Å². The minimum Gasteiger partial charge on any atom is -0.404 e. The number of thiophene rings is 1. The molecular formula is C23H19ClF5N5O6S2. The number of carbonyl (C=O) groups excluding carboxylic acids is 1. The fourth-order valence-corrected chi connectivity index (χ4v) is 6.88. The van der Waals surface area contributed by atoms with Crippen LogP contribution in [-0.4, -0.2) is 69.9 Å². The molecule has 0 saturated heterocycles. The van der Waals surface area contributed by atoms with E-state index in [0.29, 0.717) is 15.9 Å². The monoisotopic (exact) mass is 655 g/mol. The Hall–Kier alpha value is -3.42. The summed E-state index contributed by atoms with van der Waals surface area (Å²) in [4.78, 5) is 16.8. The first-order valence-corrected chi connectivity index (χ1v) is 14.2. The summed E-state index contributed by atoms with van der Waals surface area (Å²) in [6, 6.07) is 5.57. The van der Waals surface area contributed by atoms with Crippen LogP contribution in [0.2, 0.25) is 4.34 Å². The molecular weight excluding hydrogens is 637 g/mol. The number of benzene rings is 1. The number of hydrogen-bond donors (Lipinski definition) is 3. The van der Waals surface area contributed by atoms with Gasteiger partial charge in [-0.15, -0.1) is 11.3 Å². The molecule has 0 atom stereocenters. The van der Waals surface area contributed by atoms with Crippen LogP contribution in [0.4, 0.5) is 32.4 Å². The Labute approximate surface area is 242 Å². The van der Waals surface area contributed by atoms with Gasteiger partial charge in [-0.2, -0.15) is 22.6 Å². The quantitative estimate of drug-likeness (QED) is 0.209. The molecule has 11 nitrogen and oxygen atoms in total. The van der Waals surface area contributed by atoms with E-state index in [9.17, 15) is 35.2 Å². The van der Waals surface area contributed by atoms with Crippen molar-refractivity contribution < 1.29 is 50.1 Å². The van der Waals surface area contributed by atoms with Crippen molar-refractivity contribution in [2.24, 2.45) is 0 Å². The molecule has 4 rings (SSSR count). The van der Waals surface area contributed by atoms with E-state index in [-0.39, 0.29) is 44.2 Å². The average Bonchev–Trinajstić information content (AvgIpc) is 3.50. The van der Waals surface area contributed by atoms with Crippen LogP contribution in [0, 0.1) is 0 Å². The first-order chi connectivity index (χ1) is 19.8. The van der Waals surface area contributed by atoms with Crippen LogP contribution in [0.25, 0.3) is 16.9 Å². The van der Waals surface area contributed by atoms with Crippen LogP contribution in [0.1, 0.15) is 17.7 Å². The zero-order valence-electron chi connectivity index (χ0n) is 20.8. The summed E-state index contributed by atoms with van der Waals surface area (Å²) in [7, 11) is -4.20. The number of nitrogens with one attached hydrogen (secondary N) is 1. The normalized spacial score (nSPS) is 12.4. The number of nitrogens with zero attached hydrogens (tertiary/aromatic N) is 4. The van der Waals surface area contributed by atoms with E-state index >= 15 is 0 Å². The van der Waals surface area contributed by atoms with Crippen LogP contribution in [0.15, 0.2) is 46.8 Å². The van der Waals surface area contributed by atoms with Crippen molar-refractivity contribution in [3.8, 4) is 17.0 Å². The lowest BCUT2D eigenvalue weighted by atomic mass is 10.1. The van der Waals surface area contributed by atoms with Gasteiger partial charge in [0, 0.05) is 18.7 Å². The fourth-order valence-electron chi connectivity index (χ4n) is 3.67. The molecule has 0 bridgehead atoms. The third-order valence-corrected chi connectivity index (χ3v) is 9.30. The van der Waals surface area contributed by atoms with Crippen molar-refractivity contribution >= 4 is 50.4 Å². The SMILES string of the molecule is O=C(Nc1cc(S(=O)(=O)N(CCO)CCO)sc1Cl)Oc1cnn2c(C(F)F)cc(-c3ccc(C(F)(F)F)cc3)nc12. The van der Waals surface area contributed by atoms with Gasteiger partial charge in [-0.1, -0.05) is 23.7 Å². The first-order valence-electron chi connectivity index (χ1n) is 11.6. The molecule has 0 radical (unpaired) electrons. The van der Waals surface area contributed by atoms with Gasteiger partial charge in [-0.25, -0.2) is 31.5 Å². The van der Waals surface area contributed by atoms with Gasteiger partial charge in [0.2, 0.25) is 0 Å². The number of sulfonamides is 1. The number of halogens is 6. The predicted molar refractivity (Wildman–Crippen MR) is 140 cm³/mol. The zero-order valence-corrected chi connectivity index (χ0v) is 23.2. The van der Waals surface area contributed by atoms with Gasteiger partial charge in [0.05, 0.1) is 36.4 Å². The summed E-state index contributed by atoms with van der Waals surface area (Å²) in [5, 5.41) is 24.3. The summed E-state index contributed by atoms with van der Waals surface area (Å²) < 4.78 is 98.3. The standard InChI is InChI=1S/C23H19ClF5N5O6S2/c24-19-15(10-18(41-19)42(38,39)33(5-7-35)6-8-36)32-22(37)40-17-11-30-34-16(20(25)26)9-14(31-21(17)34)12-1-3-13(4-2-12)23(27,28)29/h1-4,9-11,20,35-36H,5-8H2,(H,32,37). The minimum absolute atomic E-state index is 0.0687. The minimum atomic E-state index is -4.61. The largest absolute Gasteiger partial charge is 0.417 e. The van der Waals surface area contributed by atoms with E-state index in [1.54, 1.807) is 0 Å². The lowest BCUT2D eigenvalue weighted by molar-refractivity contribution is -0.137. The molecule has 0 aliphatic rings. The highest BCUT2D eigenvalue weighted by atomic mass is 35.5. The highest BCUT2D eigenvalue weighted by Crippen LogP contribution is 2.37. The lowest BCUT2D eigenvalue weighted by Gasteiger charge is -2.18. The molecule has 1 aromatic carbocycles. The molecule has 42 heavy (non-hydrogen) atoms. The van der Waals surface area contributed by atoms with Crippen molar-refractivity contribution in [3.05, 3.63) is 58.2 Å². The molecule has 0 aliphatic heterocycles. The van der Waals surface area contributed by atoms with Crippen LogP contribution in [0.5, 0.6) is 5.75 Å². The maximum absolute atomic E-state index is 13.8. The van der Waals surface area contributed by atoms with E-state index in [2.05, 4.69) is 15.4 Å². The van der Waals surface area contributed by atoms with Gasteiger partial charge in [0.1, 0.15) is 14.2 Å². The van der Waals surface area contributed by atoms with Crippen LogP contribution in [0.3, 0.4) is 0 Å². The number of rotatable bonds is 10. The molecule has 3 heterocycles. The summed E-state index contributed by atoms with van der Waals surface area (Å²) in [5.74, 6) is -0.403. The van der Waals surface area contributed by atoms with Gasteiger partial charge in [-0.3, -0.25) is 5.32 Å². The summed E-state index contributed by atoms with van der Waals surface area (Å²) in [5.41, 5.74) is -2.26. The van der Waals surface area contributed by atoms with Crippen LogP contribution < -0.4 is 10.1 Å². The molecule has 0 spiro atoms. The summed E-state index contributed by atoms with van der Waals surface area (Å²) in [6.45, 7) is -1.64. The number of aliphatic hydroxyl groups excluding tert-OH is 2. The highest BCUT2D eigenvalue weighted by Gasteiger charge is 2.31. The van der Waals surface area contributed by atoms with E-state index in [0.717, 1.165) is 46.9 Å². The average molecular weight is 656 g/mol. The molecule has 0 unspecified atom stereocenters. The number of aliphatic hydroxyl groups is 2. The molecule has 19 heteroatoms.